The van der Waals surface area contributed by atoms with Crippen molar-refractivity contribution in [1.29, 1.82) is 0 Å². The molecule has 0 unspecified atom stereocenters. The number of hydrogen-bond acceptors (Lipinski definition) is 1. The maximum absolute atomic E-state index is 13.3. The average Bonchev–Trinajstić information content (AvgIpc) is 2.78. The number of benzene rings is 3. The Hall–Kier alpha value is -2.83. The lowest BCUT2D eigenvalue weighted by Crippen LogP contribution is -2.88. The van der Waals surface area contributed by atoms with Gasteiger partial charge in [-0.1, -0.05) is 66.2 Å². The van der Waals surface area contributed by atoms with E-state index in [1.165, 1.54) is 11.1 Å². The summed E-state index contributed by atoms with van der Waals surface area (Å²) in [6.07, 6.45) is -1.60. The third kappa shape index (κ3) is 4.97. The number of nitrogens with two attached hydrogens (primary N) is 1. The monoisotopic (exact) mass is 459 g/mol. The zero-order valence-electron chi connectivity index (χ0n) is 17.2. The number of nitrogens with one attached hydrogen (secondary N) is 1. The van der Waals surface area contributed by atoms with E-state index in [9.17, 15) is 18.0 Å². The molecule has 0 spiro atoms. The van der Waals surface area contributed by atoms with Crippen molar-refractivity contribution in [2.24, 2.45) is 0 Å². The number of halogens is 4. The minimum atomic E-state index is -4.53. The lowest BCUT2D eigenvalue weighted by molar-refractivity contribution is -0.723. The minimum Gasteiger partial charge on any atom is -0.326 e. The van der Waals surface area contributed by atoms with Gasteiger partial charge in [0.1, 0.15) is 6.04 Å². The van der Waals surface area contributed by atoms with Crippen LogP contribution in [0.4, 0.5) is 18.9 Å². The molecule has 3 aromatic carbocycles. The van der Waals surface area contributed by atoms with Crippen molar-refractivity contribution in [3.05, 3.63) is 100 Å². The average molecular weight is 460 g/mol. The molecule has 1 amide bonds. The summed E-state index contributed by atoms with van der Waals surface area (Å²) in [4.78, 5) is 13.3. The molecular formula is C25H23ClF3N2O+. The lowest BCUT2D eigenvalue weighted by Gasteiger charge is -2.27. The fraction of sp³-hybridized carbons (Fsp3) is 0.240. The molecule has 0 heterocycles. The molecule has 0 aliphatic heterocycles. The Kier molecular flexibility index (Phi) is 6.53. The second kappa shape index (κ2) is 9.35. The van der Waals surface area contributed by atoms with Crippen LogP contribution < -0.4 is 10.6 Å². The van der Waals surface area contributed by atoms with Crippen molar-refractivity contribution >= 4 is 23.2 Å². The molecule has 7 heteroatoms. The van der Waals surface area contributed by atoms with Crippen LogP contribution in [-0.2, 0) is 17.4 Å². The predicted molar refractivity (Wildman–Crippen MR) is 118 cm³/mol. The third-order valence-corrected chi connectivity index (χ3v) is 6.16. The van der Waals surface area contributed by atoms with E-state index in [0.717, 1.165) is 43.0 Å². The van der Waals surface area contributed by atoms with E-state index in [1.807, 2.05) is 47.8 Å². The van der Waals surface area contributed by atoms with E-state index in [0.29, 0.717) is 0 Å². The molecular weight excluding hydrogens is 437 g/mol. The van der Waals surface area contributed by atoms with Crippen molar-refractivity contribution < 1.29 is 23.3 Å². The summed E-state index contributed by atoms with van der Waals surface area (Å²) in [6, 6.07) is 19.8. The molecule has 0 bridgehead atoms. The summed E-state index contributed by atoms with van der Waals surface area (Å²) < 4.78 is 39.4. The number of quaternary nitrogens is 1. The second-order valence-electron chi connectivity index (χ2n) is 7.96. The van der Waals surface area contributed by atoms with Gasteiger partial charge in [0.2, 0.25) is 0 Å². The van der Waals surface area contributed by atoms with Gasteiger partial charge in [-0.2, -0.15) is 13.2 Å². The smallest absolute Gasteiger partial charge is 0.326 e. The molecule has 0 saturated carbocycles. The highest BCUT2D eigenvalue weighted by Gasteiger charge is 2.33. The van der Waals surface area contributed by atoms with Crippen LogP contribution in [0.1, 0.15) is 47.2 Å². The van der Waals surface area contributed by atoms with Crippen molar-refractivity contribution in [2.75, 3.05) is 5.32 Å². The van der Waals surface area contributed by atoms with Gasteiger partial charge in [0.15, 0.2) is 6.04 Å². The first-order valence-electron chi connectivity index (χ1n) is 10.5. The zero-order valence-corrected chi connectivity index (χ0v) is 18.0. The van der Waals surface area contributed by atoms with Crippen LogP contribution in [0.2, 0.25) is 5.02 Å². The first-order valence-corrected chi connectivity index (χ1v) is 10.9. The third-order valence-electron chi connectivity index (χ3n) is 5.83. The zero-order chi connectivity index (χ0) is 22.7. The first kappa shape index (κ1) is 22.4. The first-order chi connectivity index (χ1) is 15.3. The SMILES string of the molecule is O=C(Nc1cc(C(F)(F)F)ccc1Cl)[C@@H]([NH2+][C@H]1CCCc2ccccc21)c1ccccc1. The molecule has 1 aliphatic carbocycles. The van der Waals surface area contributed by atoms with E-state index < -0.39 is 23.7 Å². The number of amides is 1. The Morgan fingerprint density at radius 2 is 1.75 bits per heavy atom. The van der Waals surface area contributed by atoms with Crippen LogP contribution in [-0.4, -0.2) is 5.91 Å². The molecule has 3 aromatic rings. The van der Waals surface area contributed by atoms with Gasteiger partial charge in [-0.3, -0.25) is 4.79 Å². The fourth-order valence-electron chi connectivity index (χ4n) is 4.24. The quantitative estimate of drug-likeness (QED) is 0.506. The van der Waals surface area contributed by atoms with Gasteiger partial charge in [-0.05, 0) is 36.6 Å². The number of carbonyl (C=O) groups is 1. The van der Waals surface area contributed by atoms with Gasteiger partial charge >= 0.3 is 6.18 Å². The Bertz CT molecular complexity index is 1100. The molecule has 0 saturated heterocycles. The standard InChI is InChI=1S/C25H22ClF3N2O/c26-20-14-13-18(25(27,28)29)15-22(20)31-24(32)23(17-8-2-1-3-9-17)30-21-12-6-10-16-7-4-5-11-19(16)21/h1-5,7-9,11,13-15,21,23,30H,6,10,12H2,(H,31,32)/p+1/t21-,23-/m0/s1. The molecule has 166 valence electrons. The number of alkyl halides is 3. The molecule has 0 aromatic heterocycles. The normalized spacial score (nSPS) is 16.8. The topological polar surface area (TPSA) is 45.7 Å². The van der Waals surface area contributed by atoms with Gasteiger partial charge in [0, 0.05) is 17.5 Å². The lowest BCUT2D eigenvalue weighted by atomic mass is 9.87. The van der Waals surface area contributed by atoms with Crippen molar-refractivity contribution in [3.8, 4) is 0 Å². The van der Waals surface area contributed by atoms with Crippen LogP contribution >= 0.6 is 11.6 Å². The van der Waals surface area contributed by atoms with Crippen LogP contribution in [0.3, 0.4) is 0 Å². The van der Waals surface area contributed by atoms with Gasteiger partial charge in [-0.25, -0.2) is 0 Å². The molecule has 32 heavy (non-hydrogen) atoms. The second-order valence-corrected chi connectivity index (χ2v) is 8.37. The Balaban J connectivity index is 1.63. The van der Waals surface area contributed by atoms with E-state index in [-0.39, 0.29) is 16.8 Å². The molecule has 0 radical (unpaired) electrons. The minimum absolute atomic E-state index is 0.0510. The Morgan fingerprint density at radius 3 is 2.50 bits per heavy atom. The Morgan fingerprint density at radius 1 is 1.03 bits per heavy atom. The fourth-order valence-corrected chi connectivity index (χ4v) is 4.41. The van der Waals surface area contributed by atoms with Gasteiger partial charge in [0.05, 0.1) is 16.3 Å². The van der Waals surface area contributed by atoms with Crippen LogP contribution in [0.25, 0.3) is 0 Å². The Labute approximate surface area is 189 Å². The molecule has 0 fully saturated rings. The maximum atomic E-state index is 13.3. The van der Waals surface area contributed by atoms with Crippen molar-refractivity contribution in [2.45, 2.75) is 37.5 Å². The van der Waals surface area contributed by atoms with Crippen molar-refractivity contribution in [3.63, 3.8) is 0 Å². The summed E-state index contributed by atoms with van der Waals surface area (Å²) in [7, 11) is 0. The number of anilines is 1. The van der Waals surface area contributed by atoms with Crippen LogP contribution in [0.15, 0.2) is 72.8 Å². The van der Waals surface area contributed by atoms with Crippen LogP contribution in [0.5, 0.6) is 0 Å². The van der Waals surface area contributed by atoms with E-state index in [1.54, 1.807) is 0 Å². The van der Waals surface area contributed by atoms with Gasteiger partial charge < -0.3 is 10.6 Å². The van der Waals surface area contributed by atoms with Crippen molar-refractivity contribution in [1.82, 2.24) is 0 Å². The van der Waals surface area contributed by atoms with Crippen LogP contribution in [0, 0.1) is 0 Å². The molecule has 3 N–H and O–H groups in total. The van der Waals surface area contributed by atoms with Gasteiger partial charge in [0.25, 0.3) is 5.91 Å². The molecule has 1 aliphatic rings. The highest BCUT2D eigenvalue weighted by molar-refractivity contribution is 6.33. The number of rotatable bonds is 5. The number of carbonyl (C=O) groups excluding carboxylic acids is 1. The molecule has 3 nitrogen and oxygen atoms in total. The highest BCUT2D eigenvalue weighted by atomic mass is 35.5. The van der Waals surface area contributed by atoms with E-state index in [4.69, 9.17) is 11.6 Å². The summed E-state index contributed by atoms with van der Waals surface area (Å²) >= 11 is 6.11. The van der Waals surface area contributed by atoms with E-state index >= 15 is 0 Å². The molecule has 4 rings (SSSR count). The van der Waals surface area contributed by atoms with Gasteiger partial charge in [-0.15, -0.1) is 0 Å². The predicted octanol–water partition coefficient (Wildman–Crippen LogP) is 5.68. The number of fused-ring (bicyclic) bond motifs is 1. The summed E-state index contributed by atoms with van der Waals surface area (Å²) in [5.74, 6) is -0.416. The summed E-state index contributed by atoms with van der Waals surface area (Å²) in [5.41, 5.74) is 2.33. The molecule has 2 atom stereocenters. The summed E-state index contributed by atoms with van der Waals surface area (Å²) in [5, 5.41) is 4.69. The number of aryl methyl sites for hydroxylation is 1. The largest absolute Gasteiger partial charge is 0.416 e. The summed E-state index contributed by atoms with van der Waals surface area (Å²) in [6.45, 7) is 0. The highest BCUT2D eigenvalue weighted by Crippen LogP contribution is 2.34. The van der Waals surface area contributed by atoms with E-state index in [2.05, 4.69) is 17.4 Å². The maximum Gasteiger partial charge on any atom is 0.416 e. The number of hydrogen-bond donors (Lipinski definition) is 2.